The number of rotatable bonds is 3. The zero-order valence-electron chi connectivity index (χ0n) is 14.1. The Hall–Kier alpha value is -2.41. The Balaban J connectivity index is 1.36. The van der Waals surface area contributed by atoms with Gasteiger partial charge in [-0.2, -0.15) is 4.98 Å². The van der Waals surface area contributed by atoms with E-state index in [1.54, 1.807) is 0 Å². The average molecular weight is 342 g/mol. The Kier molecular flexibility index (Phi) is 4.65. The lowest BCUT2D eigenvalue weighted by Crippen LogP contribution is -2.38. The first-order chi connectivity index (χ1) is 12.3. The molecule has 2 aromatic rings. The van der Waals surface area contributed by atoms with E-state index < -0.39 is 0 Å². The van der Waals surface area contributed by atoms with Crippen LogP contribution in [0.25, 0.3) is 0 Å². The number of carbonyl (C=O) groups is 1. The van der Waals surface area contributed by atoms with Crippen LogP contribution in [-0.4, -0.2) is 60.3 Å². The summed E-state index contributed by atoms with van der Waals surface area (Å²) in [5, 5.41) is 3.92. The third kappa shape index (κ3) is 3.51. The van der Waals surface area contributed by atoms with Crippen molar-refractivity contribution in [1.29, 1.82) is 0 Å². The second-order valence-corrected chi connectivity index (χ2v) is 6.50. The van der Waals surface area contributed by atoms with Crippen LogP contribution in [0.3, 0.4) is 0 Å². The van der Waals surface area contributed by atoms with Crippen LogP contribution in [0.4, 0.5) is 5.69 Å². The summed E-state index contributed by atoms with van der Waals surface area (Å²) >= 11 is 0. The maximum atomic E-state index is 12.7. The number of benzene rings is 1. The standard InChI is InChI=1S/C18H22N4O3/c23-18(22-7-5-14(6-8-22)17-19-13-25-20-17)15-1-3-16(4-2-15)21-9-11-24-12-10-21/h1-4,13-14H,5-12H2. The van der Waals surface area contributed by atoms with Crippen LogP contribution in [0.5, 0.6) is 0 Å². The fourth-order valence-electron chi connectivity index (χ4n) is 3.52. The molecule has 0 radical (unpaired) electrons. The Morgan fingerprint density at radius 2 is 1.76 bits per heavy atom. The molecule has 7 heteroatoms. The number of aromatic nitrogens is 2. The van der Waals surface area contributed by atoms with Crippen molar-refractivity contribution >= 4 is 11.6 Å². The van der Waals surface area contributed by atoms with Crippen LogP contribution in [-0.2, 0) is 4.74 Å². The minimum absolute atomic E-state index is 0.0973. The van der Waals surface area contributed by atoms with Crippen molar-refractivity contribution in [2.75, 3.05) is 44.3 Å². The average Bonchev–Trinajstić information content (AvgIpc) is 3.23. The van der Waals surface area contributed by atoms with Gasteiger partial charge in [0.25, 0.3) is 5.91 Å². The largest absolute Gasteiger partial charge is 0.378 e. The Labute approximate surface area is 146 Å². The maximum absolute atomic E-state index is 12.7. The van der Waals surface area contributed by atoms with Crippen LogP contribution < -0.4 is 4.90 Å². The summed E-state index contributed by atoms with van der Waals surface area (Å²) in [6, 6.07) is 7.92. The molecule has 132 valence electrons. The smallest absolute Gasteiger partial charge is 0.253 e. The van der Waals surface area contributed by atoms with E-state index in [1.165, 1.54) is 6.39 Å². The minimum Gasteiger partial charge on any atom is -0.378 e. The van der Waals surface area contributed by atoms with E-state index in [0.29, 0.717) is 0 Å². The van der Waals surface area contributed by atoms with Crippen LogP contribution in [0.1, 0.15) is 34.9 Å². The topological polar surface area (TPSA) is 71.7 Å². The van der Waals surface area contributed by atoms with Gasteiger partial charge in [-0.05, 0) is 37.1 Å². The molecule has 0 unspecified atom stereocenters. The summed E-state index contributed by atoms with van der Waals surface area (Å²) in [6.45, 7) is 4.77. The van der Waals surface area contributed by atoms with Crippen LogP contribution in [0.2, 0.25) is 0 Å². The van der Waals surface area contributed by atoms with Crippen molar-refractivity contribution < 1.29 is 14.1 Å². The lowest BCUT2D eigenvalue weighted by molar-refractivity contribution is 0.0710. The molecule has 0 bridgehead atoms. The zero-order valence-corrected chi connectivity index (χ0v) is 14.1. The number of carbonyl (C=O) groups excluding carboxylic acids is 1. The number of likely N-dealkylation sites (tertiary alicyclic amines) is 1. The van der Waals surface area contributed by atoms with Gasteiger partial charge in [-0.15, -0.1) is 0 Å². The zero-order chi connectivity index (χ0) is 17.1. The molecule has 1 aromatic carbocycles. The third-order valence-electron chi connectivity index (χ3n) is 5.02. The SMILES string of the molecule is O=C(c1ccc(N2CCOCC2)cc1)N1CCC(c2ncon2)CC1. The number of nitrogens with zero attached hydrogens (tertiary/aromatic N) is 4. The molecule has 0 saturated carbocycles. The molecular weight excluding hydrogens is 320 g/mol. The summed E-state index contributed by atoms with van der Waals surface area (Å²) in [5.41, 5.74) is 1.89. The molecule has 2 saturated heterocycles. The molecule has 0 atom stereocenters. The van der Waals surface area contributed by atoms with Crippen molar-refractivity contribution in [1.82, 2.24) is 15.0 Å². The number of hydrogen-bond donors (Lipinski definition) is 0. The van der Waals surface area contributed by atoms with E-state index in [2.05, 4.69) is 15.0 Å². The van der Waals surface area contributed by atoms with Gasteiger partial charge in [0.1, 0.15) is 0 Å². The van der Waals surface area contributed by atoms with Gasteiger partial charge in [0, 0.05) is 43.3 Å². The molecule has 0 aliphatic carbocycles. The molecule has 2 aliphatic heterocycles. The molecule has 25 heavy (non-hydrogen) atoms. The van der Waals surface area contributed by atoms with Gasteiger partial charge in [-0.1, -0.05) is 5.16 Å². The number of ether oxygens (including phenoxy) is 1. The summed E-state index contributed by atoms with van der Waals surface area (Å²) in [4.78, 5) is 21.1. The van der Waals surface area contributed by atoms with Gasteiger partial charge in [0.15, 0.2) is 5.82 Å². The Bertz CT molecular complexity index is 688. The first-order valence-corrected chi connectivity index (χ1v) is 8.79. The molecule has 1 aromatic heterocycles. The lowest BCUT2D eigenvalue weighted by atomic mass is 9.95. The lowest BCUT2D eigenvalue weighted by Gasteiger charge is -2.31. The first kappa shape index (κ1) is 16.1. The fourth-order valence-corrected chi connectivity index (χ4v) is 3.52. The highest BCUT2D eigenvalue weighted by atomic mass is 16.5. The third-order valence-corrected chi connectivity index (χ3v) is 5.02. The summed E-state index contributed by atoms with van der Waals surface area (Å²) in [6.07, 6.45) is 3.11. The number of morpholine rings is 1. The van der Waals surface area contributed by atoms with E-state index in [-0.39, 0.29) is 11.8 Å². The molecule has 4 rings (SSSR count). The summed E-state index contributed by atoms with van der Waals surface area (Å²) in [7, 11) is 0. The van der Waals surface area contributed by atoms with Crippen LogP contribution >= 0.6 is 0 Å². The van der Waals surface area contributed by atoms with Gasteiger partial charge in [0.2, 0.25) is 6.39 Å². The van der Waals surface area contributed by atoms with Gasteiger partial charge >= 0.3 is 0 Å². The monoisotopic (exact) mass is 342 g/mol. The predicted octanol–water partition coefficient (Wildman–Crippen LogP) is 1.93. The molecule has 0 N–H and O–H groups in total. The summed E-state index contributed by atoms with van der Waals surface area (Å²) in [5.74, 6) is 1.13. The maximum Gasteiger partial charge on any atom is 0.253 e. The quantitative estimate of drug-likeness (QED) is 0.849. The number of piperidine rings is 1. The first-order valence-electron chi connectivity index (χ1n) is 8.79. The van der Waals surface area contributed by atoms with E-state index in [1.807, 2.05) is 29.2 Å². The van der Waals surface area contributed by atoms with Crippen molar-refractivity contribution in [3.8, 4) is 0 Å². The Morgan fingerprint density at radius 1 is 1.04 bits per heavy atom. The van der Waals surface area contributed by atoms with Crippen molar-refractivity contribution in [2.24, 2.45) is 0 Å². The van der Waals surface area contributed by atoms with Gasteiger partial charge in [-0.25, -0.2) is 0 Å². The molecule has 7 nitrogen and oxygen atoms in total. The van der Waals surface area contributed by atoms with Gasteiger partial charge < -0.3 is 19.1 Å². The number of hydrogen-bond acceptors (Lipinski definition) is 6. The van der Waals surface area contributed by atoms with Crippen molar-refractivity contribution in [3.05, 3.63) is 42.0 Å². The molecule has 3 heterocycles. The van der Waals surface area contributed by atoms with Crippen LogP contribution in [0.15, 0.2) is 35.2 Å². The van der Waals surface area contributed by atoms with E-state index in [4.69, 9.17) is 9.26 Å². The Morgan fingerprint density at radius 3 is 2.40 bits per heavy atom. The van der Waals surface area contributed by atoms with E-state index >= 15 is 0 Å². The van der Waals surface area contributed by atoms with Gasteiger partial charge in [-0.3, -0.25) is 4.79 Å². The second kappa shape index (κ2) is 7.23. The van der Waals surface area contributed by atoms with E-state index in [9.17, 15) is 4.79 Å². The van der Waals surface area contributed by atoms with E-state index in [0.717, 1.165) is 69.3 Å². The highest BCUT2D eigenvalue weighted by Crippen LogP contribution is 2.26. The normalized spacial score (nSPS) is 19.2. The molecule has 1 amide bonds. The highest BCUT2D eigenvalue weighted by Gasteiger charge is 2.26. The van der Waals surface area contributed by atoms with Crippen LogP contribution in [0, 0.1) is 0 Å². The number of anilines is 1. The highest BCUT2D eigenvalue weighted by molar-refractivity contribution is 5.94. The van der Waals surface area contributed by atoms with Crippen molar-refractivity contribution in [3.63, 3.8) is 0 Å². The fraction of sp³-hybridized carbons (Fsp3) is 0.500. The predicted molar refractivity (Wildman–Crippen MR) is 91.7 cm³/mol. The molecule has 2 fully saturated rings. The molecule has 2 aliphatic rings. The molecule has 0 spiro atoms. The minimum atomic E-state index is 0.0973. The summed E-state index contributed by atoms with van der Waals surface area (Å²) < 4.78 is 10.2. The number of amides is 1. The molecular formula is C18H22N4O3. The van der Waals surface area contributed by atoms with Gasteiger partial charge in [0.05, 0.1) is 13.2 Å². The van der Waals surface area contributed by atoms with Crippen molar-refractivity contribution in [2.45, 2.75) is 18.8 Å². The second-order valence-electron chi connectivity index (χ2n) is 6.50.